The second-order valence-corrected chi connectivity index (χ2v) is 10.6. The van der Waals surface area contributed by atoms with Crippen molar-refractivity contribution in [2.75, 3.05) is 6.54 Å². The van der Waals surface area contributed by atoms with E-state index >= 15 is 0 Å². The fourth-order valence-electron chi connectivity index (χ4n) is 5.90. The van der Waals surface area contributed by atoms with Crippen LogP contribution in [0.2, 0.25) is 0 Å². The van der Waals surface area contributed by atoms with Crippen molar-refractivity contribution in [3.8, 4) is 11.1 Å². The number of rotatable bonds is 10. The summed E-state index contributed by atoms with van der Waals surface area (Å²) in [6, 6.07) is 40.3. The highest BCUT2D eigenvalue weighted by atomic mass is 14.7. The maximum absolute atomic E-state index is 4.48. The Kier molecular flexibility index (Phi) is 12.2. The van der Waals surface area contributed by atoms with E-state index in [1.807, 2.05) is 54.9 Å². The Morgan fingerprint density at radius 2 is 1.30 bits per heavy atom. The Balaban J connectivity index is 0.000000219. The Labute approximate surface area is 273 Å². The molecule has 1 atom stereocenters. The highest BCUT2D eigenvalue weighted by Crippen LogP contribution is 2.56. The van der Waals surface area contributed by atoms with Crippen LogP contribution in [-0.4, -0.2) is 31.7 Å². The lowest BCUT2D eigenvalue weighted by Crippen LogP contribution is -2.28. The molecule has 0 aliphatic heterocycles. The third kappa shape index (κ3) is 7.31. The summed E-state index contributed by atoms with van der Waals surface area (Å²) < 4.78 is 0. The summed E-state index contributed by atoms with van der Waals surface area (Å²) in [6.45, 7) is 19.6. The number of pyridine rings is 1. The van der Waals surface area contributed by atoms with Gasteiger partial charge in [0.1, 0.15) is 0 Å². The number of hydrogen-bond donors (Lipinski definition) is 0. The zero-order chi connectivity index (χ0) is 32.6. The van der Waals surface area contributed by atoms with Crippen molar-refractivity contribution in [1.82, 2.24) is 4.98 Å². The lowest BCUT2D eigenvalue weighted by atomic mass is 9.68. The number of nitrogens with zero attached hydrogens (tertiary/aromatic N) is 4. The van der Waals surface area contributed by atoms with Gasteiger partial charge in [-0.3, -0.25) is 20.0 Å². The van der Waals surface area contributed by atoms with E-state index in [9.17, 15) is 0 Å². The van der Waals surface area contributed by atoms with Crippen molar-refractivity contribution in [3.05, 3.63) is 198 Å². The van der Waals surface area contributed by atoms with Crippen molar-refractivity contribution in [3.63, 3.8) is 0 Å². The molecule has 0 saturated carbocycles. The minimum atomic E-state index is -0.390. The maximum Gasteiger partial charge on any atom is 0.0728 e. The van der Waals surface area contributed by atoms with Crippen molar-refractivity contribution in [2.45, 2.75) is 18.5 Å². The van der Waals surface area contributed by atoms with Crippen molar-refractivity contribution < 1.29 is 0 Å². The molecule has 0 amide bonds. The van der Waals surface area contributed by atoms with E-state index in [-0.39, 0.29) is 0 Å². The van der Waals surface area contributed by atoms with Gasteiger partial charge in [0.05, 0.1) is 25.0 Å². The molecule has 5 aromatic rings. The molecule has 0 N–H and O–H groups in total. The van der Waals surface area contributed by atoms with Crippen LogP contribution in [0, 0.1) is 0 Å². The van der Waals surface area contributed by atoms with Crippen LogP contribution < -0.4 is 0 Å². The molecule has 0 spiro atoms. The van der Waals surface area contributed by atoms with Crippen LogP contribution in [0.15, 0.2) is 180 Å². The van der Waals surface area contributed by atoms with E-state index < -0.39 is 5.41 Å². The van der Waals surface area contributed by atoms with Crippen LogP contribution in [0.5, 0.6) is 0 Å². The van der Waals surface area contributed by atoms with Gasteiger partial charge in [-0.2, -0.15) is 0 Å². The maximum atomic E-state index is 4.48. The normalized spacial score (nSPS) is 14.1. The first-order valence-electron chi connectivity index (χ1n) is 15.1. The van der Waals surface area contributed by atoms with Gasteiger partial charge >= 0.3 is 0 Å². The molecule has 6 rings (SSSR count). The van der Waals surface area contributed by atoms with Crippen LogP contribution in [0.1, 0.15) is 33.4 Å². The van der Waals surface area contributed by atoms with Crippen LogP contribution >= 0.6 is 0 Å². The summed E-state index contributed by atoms with van der Waals surface area (Å²) in [6.07, 6.45) is 9.15. The number of benzene rings is 4. The summed E-state index contributed by atoms with van der Waals surface area (Å²) in [4.78, 5) is 16.1. The second-order valence-electron chi connectivity index (χ2n) is 10.6. The van der Waals surface area contributed by atoms with Gasteiger partial charge in [-0.05, 0) is 76.3 Å². The van der Waals surface area contributed by atoms with Crippen LogP contribution in [0.25, 0.3) is 11.1 Å². The van der Waals surface area contributed by atoms with E-state index in [4.69, 9.17) is 0 Å². The fraction of sp³-hybridized carbons (Fsp3) is 0.0952. The van der Waals surface area contributed by atoms with Crippen molar-refractivity contribution in [2.24, 2.45) is 15.0 Å². The van der Waals surface area contributed by atoms with Gasteiger partial charge < -0.3 is 0 Å². The first kappa shape index (κ1) is 33.2. The monoisotopic (exact) mass is 600 g/mol. The van der Waals surface area contributed by atoms with E-state index in [0.29, 0.717) is 13.1 Å². The summed E-state index contributed by atoms with van der Waals surface area (Å²) in [5, 5.41) is 0. The zero-order valence-corrected chi connectivity index (χ0v) is 26.3. The van der Waals surface area contributed by atoms with Gasteiger partial charge in [-0.15, -0.1) is 0 Å². The molecule has 4 heteroatoms. The number of aromatic nitrogens is 1. The van der Waals surface area contributed by atoms with Gasteiger partial charge in [0.15, 0.2) is 0 Å². The quantitative estimate of drug-likeness (QED) is 0.114. The van der Waals surface area contributed by atoms with Gasteiger partial charge in [0, 0.05) is 12.4 Å². The van der Waals surface area contributed by atoms with Gasteiger partial charge in [-0.1, -0.05) is 141 Å². The van der Waals surface area contributed by atoms with Crippen molar-refractivity contribution >= 4 is 20.2 Å². The lowest BCUT2D eigenvalue weighted by molar-refractivity contribution is 0.762. The summed E-state index contributed by atoms with van der Waals surface area (Å²) >= 11 is 0. The number of allylic oxidation sites excluding steroid dienone is 2. The van der Waals surface area contributed by atoms with E-state index in [1.165, 1.54) is 44.5 Å². The highest BCUT2D eigenvalue weighted by molar-refractivity contribution is 5.88. The van der Waals surface area contributed by atoms with E-state index in [2.05, 4.69) is 132 Å². The number of aliphatic imine (C=N–C) groups is 3. The van der Waals surface area contributed by atoms with Crippen molar-refractivity contribution in [1.29, 1.82) is 0 Å². The second kappa shape index (κ2) is 16.9. The van der Waals surface area contributed by atoms with Crippen LogP contribution in [0.3, 0.4) is 0 Å². The number of hydrogen-bond acceptors (Lipinski definition) is 4. The summed E-state index contributed by atoms with van der Waals surface area (Å²) in [7, 11) is 0. The van der Waals surface area contributed by atoms with Gasteiger partial charge in [0.2, 0.25) is 0 Å². The molecule has 1 heterocycles. The van der Waals surface area contributed by atoms with E-state index in [0.717, 1.165) is 12.1 Å². The molecule has 1 aromatic heterocycles. The topological polar surface area (TPSA) is 50.0 Å². The standard InChI is InChI=1S/C26H20N2.C8H9N.C8H11N/c1-27-17-19-9-7-15-24-25(19)22-13-5-6-14-23(22)26(24,20-10-3-2-4-11-20)21-12-8-16-28-18-21;1-9-7-8-5-3-2-4-6-8;1-4-6-8(5-2)7-9-3/h2-16,18H,1,17H2;2-6H,1,7H2;4-6H,1-3,7H2/b;;8-6+. The molecule has 4 nitrogen and oxygen atoms in total. The number of fused-ring (bicyclic) bond motifs is 3. The van der Waals surface area contributed by atoms with Gasteiger partial charge in [-0.25, -0.2) is 0 Å². The minimum Gasteiger partial charge on any atom is -0.296 e. The van der Waals surface area contributed by atoms with Crippen LogP contribution in [-0.2, 0) is 18.5 Å². The minimum absolute atomic E-state index is 0.390. The smallest absolute Gasteiger partial charge is 0.0728 e. The van der Waals surface area contributed by atoms with Crippen LogP contribution in [0.4, 0.5) is 0 Å². The average Bonchev–Trinajstić information content (AvgIpc) is 3.42. The third-order valence-electron chi connectivity index (χ3n) is 7.76. The first-order chi connectivity index (χ1) is 22.6. The zero-order valence-electron chi connectivity index (χ0n) is 26.3. The molecular formula is C42H40N4. The third-order valence-corrected chi connectivity index (χ3v) is 7.76. The predicted molar refractivity (Wildman–Crippen MR) is 197 cm³/mol. The fourth-order valence-corrected chi connectivity index (χ4v) is 5.90. The predicted octanol–water partition coefficient (Wildman–Crippen LogP) is 9.52. The first-order valence-corrected chi connectivity index (χ1v) is 15.1. The molecule has 46 heavy (non-hydrogen) atoms. The molecule has 0 fully saturated rings. The Hall–Kier alpha value is -5.74. The van der Waals surface area contributed by atoms with E-state index in [1.54, 1.807) is 12.2 Å². The summed E-state index contributed by atoms with van der Waals surface area (Å²) in [5.74, 6) is 0. The molecule has 1 aliphatic rings. The molecule has 1 aliphatic carbocycles. The molecule has 1 unspecified atom stereocenters. The lowest BCUT2D eigenvalue weighted by Gasteiger charge is -2.33. The molecular weight excluding hydrogens is 560 g/mol. The molecule has 0 bridgehead atoms. The summed E-state index contributed by atoms with van der Waals surface area (Å²) in [5.41, 5.74) is 10.6. The largest absolute Gasteiger partial charge is 0.296 e. The Morgan fingerprint density at radius 3 is 1.93 bits per heavy atom. The Bertz CT molecular complexity index is 1750. The SMILES string of the molecule is C=C/C=C(\C=C)CN=C.C=NCc1cccc2c1-c1ccccc1C2(c1ccccc1)c1cccnc1.C=NCc1ccccc1. The molecule has 0 saturated heterocycles. The van der Waals surface area contributed by atoms with Gasteiger partial charge in [0.25, 0.3) is 0 Å². The molecule has 0 radical (unpaired) electrons. The molecule has 228 valence electrons. The Morgan fingerprint density at radius 1 is 0.652 bits per heavy atom. The molecule has 4 aromatic carbocycles. The average molecular weight is 601 g/mol. The highest BCUT2D eigenvalue weighted by Gasteiger charge is 2.46.